The molecule has 0 radical (unpaired) electrons. The zero-order chi connectivity index (χ0) is 9.26. The molecule has 2 heteroatoms. The number of benzene rings is 1. The first kappa shape index (κ1) is 8.70. The molecule has 0 saturated heterocycles. The van der Waals surface area contributed by atoms with E-state index in [0.717, 1.165) is 16.5 Å². The number of rotatable bonds is 1. The number of aryl methyl sites for hydroxylation is 1. The number of hydrogen-bond donors (Lipinski definition) is 0. The minimum absolute atomic E-state index is 0.818. The van der Waals surface area contributed by atoms with Crippen molar-refractivity contribution < 1.29 is 0 Å². The van der Waals surface area contributed by atoms with Crippen LogP contribution in [-0.4, -0.2) is 4.98 Å². The third-order valence-electron chi connectivity index (χ3n) is 2.11. The van der Waals surface area contributed by atoms with Gasteiger partial charge in [-0.1, -0.05) is 34.1 Å². The number of para-hydroxylation sites is 1. The normalized spacial score (nSPS) is 10.6. The third kappa shape index (κ3) is 1.59. The Morgan fingerprint density at radius 1 is 1.31 bits per heavy atom. The minimum atomic E-state index is 0.818. The lowest BCUT2D eigenvalue weighted by atomic mass is 10.1. The molecule has 0 saturated carbocycles. The van der Waals surface area contributed by atoms with Gasteiger partial charge in [0.2, 0.25) is 0 Å². The molecule has 0 atom stereocenters. The van der Waals surface area contributed by atoms with E-state index < -0.39 is 0 Å². The van der Waals surface area contributed by atoms with E-state index in [2.05, 4.69) is 46.0 Å². The summed E-state index contributed by atoms with van der Waals surface area (Å²) in [5.41, 5.74) is 3.47. The van der Waals surface area contributed by atoms with Gasteiger partial charge in [0.15, 0.2) is 0 Å². The Bertz CT molecular complexity index is 437. The first-order chi connectivity index (χ1) is 6.31. The van der Waals surface area contributed by atoms with Gasteiger partial charge in [0.1, 0.15) is 0 Å². The molecule has 1 heterocycles. The van der Waals surface area contributed by atoms with Crippen molar-refractivity contribution in [1.82, 2.24) is 4.98 Å². The summed E-state index contributed by atoms with van der Waals surface area (Å²) in [6.45, 7) is 2.12. The lowest BCUT2D eigenvalue weighted by Crippen LogP contribution is -1.88. The Hall–Kier alpha value is -0.890. The molecule has 2 rings (SSSR count). The average molecular weight is 236 g/mol. The standard InChI is InChI=1S/C11H10BrN/c1-8-6-9(7-12)13-11-5-3-2-4-10(8)11/h2-6H,7H2,1H3. The average Bonchev–Trinajstić information content (AvgIpc) is 2.18. The quantitative estimate of drug-likeness (QED) is 0.691. The van der Waals surface area contributed by atoms with Crippen LogP contribution < -0.4 is 0 Å². The Balaban J connectivity index is 2.77. The van der Waals surface area contributed by atoms with Crippen LogP contribution in [0.2, 0.25) is 0 Å². The first-order valence-electron chi connectivity index (χ1n) is 4.22. The Morgan fingerprint density at radius 2 is 2.08 bits per heavy atom. The molecular weight excluding hydrogens is 226 g/mol. The Kier molecular flexibility index (Phi) is 2.32. The van der Waals surface area contributed by atoms with Crippen LogP contribution in [0.25, 0.3) is 10.9 Å². The second kappa shape index (κ2) is 3.46. The van der Waals surface area contributed by atoms with E-state index in [9.17, 15) is 0 Å². The largest absolute Gasteiger partial charge is 0.252 e. The maximum atomic E-state index is 4.51. The van der Waals surface area contributed by atoms with Crippen molar-refractivity contribution >= 4 is 26.8 Å². The zero-order valence-corrected chi connectivity index (χ0v) is 9.01. The van der Waals surface area contributed by atoms with Crippen LogP contribution in [0.4, 0.5) is 0 Å². The van der Waals surface area contributed by atoms with Crippen LogP contribution in [0.1, 0.15) is 11.3 Å². The molecule has 0 spiro atoms. The van der Waals surface area contributed by atoms with Gasteiger partial charge in [0.05, 0.1) is 11.2 Å². The fourth-order valence-corrected chi connectivity index (χ4v) is 1.77. The van der Waals surface area contributed by atoms with Gasteiger partial charge in [-0.25, -0.2) is 0 Å². The van der Waals surface area contributed by atoms with Gasteiger partial charge in [-0.15, -0.1) is 0 Å². The van der Waals surface area contributed by atoms with E-state index in [4.69, 9.17) is 0 Å². The third-order valence-corrected chi connectivity index (χ3v) is 2.69. The smallest absolute Gasteiger partial charge is 0.0708 e. The van der Waals surface area contributed by atoms with Crippen molar-refractivity contribution in [3.05, 3.63) is 41.6 Å². The minimum Gasteiger partial charge on any atom is -0.252 e. The lowest BCUT2D eigenvalue weighted by molar-refractivity contribution is 1.22. The van der Waals surface area contributed by atoms with Crippen LogP contribution in [0.15, 0.2) is 30.3 Å². The molecule has 1 aromatic carbocycles. The van der Waals surface area contributed by atoms with E-state index in [1.54, 1.807) is 0 Å². The number of fused-ring (bicyclic) bond motifs is 1. The monoisotopic (exact) mass is 235 g/mol. The second-order valence-electron chi connectivity index (χ2n) is 3.08. The zero-order valence-electron chi connectivity index (χ0n) is 7.42. The fourth-order valence-electron chi connectivity index (χ4n) is 1.49. The number of hydrogen-bond acceptors (Lipinski definition) is 1. The number of pyridine rings is 1. The number of aromatic nitrogens is 1. The predicted octanol–water partition coefficient (Wildman–Crippen LogP) is 3.44. The fraction of sp³-hybridized carbons (Fsp3) is 0.182. The molecular formula is C11H10BrN. The second-order valence-corrected chi connectivity index (χ2v) is 3.64. The predicted molar refractivity (Wildman–Crippen MR) is 59.1 cm³/mol. The maximum Gasteiger partial charge on any atom is 0.0708 e. The first-order valence-corrected chi connectivity index (χ1v) is 5.34. The molecule has 13 heavy (non-hydrogen) atoms. The summed E-state index contributed by atoms with van der Waals surface area (Å²) in [4.78, 5) is 4.51. The molecule has 2 aromatic rings. The van der Waals surface area contributed by atoms with E-state index in [-0.39, 0.29) is 0 Å². The molecule has 66 valence electrons. The summed E-state index contributed by atoms with van der Waals surface area (Å²) < 4.78 is 0. The van der Waals surface area contributed by atoms with E-state index >= 15 is 0 Å². The number of nitrogens with zero attached hydrogens (tertiary/aromatic N) is 1. The van der Waals surface area contributed by atoms with Gasteiger partial charge >= 0.3 is 0 Å². The molecule has 1 aromatic heterocycles. The Labute approximate surface area is 85.9 Å². The van der Waals surface area contributed by atoms with E-state index in [1.165, 1.54) is 10.9 Å². The van der Waals surface area contributed by atoms with Crippen molar-refractivity contribution in [2.24, 2.45) is 0 Å². The molecule has 1 nitrogen and oxygen atoms in total. The number of halogens is 1. The van der Waals surface area contributed by atoms with E-state index in [1.807, 2.05) is 12.1 Å². The van der Waals surface area contributed by atoms with Gasteiger partial charge < -0.3 is 0 Å². The van der Waals surface area contributed by atoms with Gasteiger partial charge in [0.25, 0.3) is 0 Å². The van der Waals surface area contributed by atoms with Crippen LogP contribution in [0.5, 0.6) is 0 Å². The van der Waals surface area contributed by atoms with Crippen LogP contribution in [0.3, 0.4) is 0 Å². The van der Waals surface area contributed by atoms with Gasteiger partial charge in [0, 0.05) is 10.7 Å². The van der Waals surface area contributed by atoms with Crippen LogP contribution >= 0.6 is 15.9 Å². The van der Waals surface area contributed by atoms with Crippen LogP contribution in [-0.2, 0) is 5.33 Å². The summed E-state index contributed by atoms with van der Waals surface area (Å²) in [7, 11) is 0. The molecule has 0 aliphatic carbocycles. The van der Waals surface area contributed by atoms with Gasteiger partial charge in [-0.3, -0.25) is 4.98 Å². The summed E-state index contributed by atoms with van der Waals surface area (Å²) in [6, 6.07) is 10.3. The molecule has 0 N–H and O–H groups in total. The molecule has 0 amide bonds. The highest BCUT2D eigenvalue weighted by molar-refractivity contribution is 9.08. The van der Waals surface area contributed by atoms with Crippen molar-refractivity contribution in [3.8, 4) is 0 Å². The maximum absolute atomic E-state index is 4.51. The molecule has 0 aliphatic heterocycles. The highest BCUT2D eigenvalue weighted by Gasteiger charge is 1.99. The summed E-state index contributed by atoms with van der Waals surface area (Å²) in [5.74, 6) is 0. The van der Waals surface area contributed by atoms with Crippen molar-refractivity contribution in [1.29, 1.82) is 0 Å². The van der Waals surface area contributed by atoms with Gasteiger partial charge in [-0.2, -0.15) is 0 Å². The van der Waals surface area contributed by atoms with Crippen LogP contribution in [0, 0.1) is 6.92 Å². The lowest BCUT2D eigenvalue weighted by Gasteiger charge is -2.03. The number of alkyl halides is 1. The van der Waals surface area contributed by atoms with Crippen molar-refractivity contribution in [2.45, 2.75) is 12.3 Å². The summed E-state index contributed by atoms with van der Waals surface area (Å²) in [6.07, 6.45) is 0. The molecule has 0 unspecified atom stereocenters. The summed E-state index contributed by atoms with van der Waals surface area (Å²) >= 11 is 3.41. The van der Waals surface area contributed by atoms with Gasteiger partial charge in [-0.05, 0) is 24.6 Å². The van der Waals surface area contributed by atoms with Crippen molar-refractivity contribution in [3.63, 3.8) is 0 Å². The Morgan fingerprint density at radius 3 is 2.85 bits per heavy atom. The highest BCUT2D eigenvalue weighted by atomic mass is 79.9. The SMILES string of the molecule is Cc1cc(CBr)nc2ccccc12. The highest BCUT2D eigenvalue weighted by Crippen LogP contribution is 2.18. The van der Waals surface area contributed by atoms with E-state index in [0.29, 0.717) is 0 Å². The van der Waals surface area contributed by atoms with Crippen molar-refractivity contribution in [2.75, 3.05) is 0 Å². The summed E-state index contributed by atoms with van der Waals surface area (Å²) in [5, 5.41) is 2.06. The molecule has 0 fully saturated rings. The topological polar surface area (TPSA) is 12.9 Å². The molecule has 0 aliphatic rings. The molecule has 0 bridgehead atoms.